The van der Waals surface area contributed by atoms with Crippen molar-refractivity contribution in [2.75, 3.05) is 19.0 Å². The lowest BCUT2D eigenvalue weighted by Crippen LogP contribution is -2.12. The number of hydrogen-bond donors (Lipinski definition) is 1. The first-order valence-corrected chi connectivity index (χ1v) is 5.97. The number of rotatable bonds is 3. The predicted octanol–water partition coefficient (Wildman–Crippen LogP) is 2.54. The summed E-state index contributed by atoms with van der Waals surface area (Å²) in [6, 6.07) is 13.5. The fourth-order valence-electron chi connectivity index (χ4n) is 1.91. The zero-order chi connectivity index (χ0) is 13.1. The fourth-order valence-corrected chi connectivity index (χ4v) is 1.91. The number of benzene rings is 1. The lowest BCUT2D eigenvalue weighted by molar-refractivity contribution is 0.219. The molecule has 94 valence electrons. The van der Waals surface area contributed by atoms with Crippen LogP contribution in [0, 0.1) is 6.92 Å². The lowest BCUT2D eigenvalue weighted by atomic mass is 10.0. The lowest BCUT2D eigenvalue weighted by Gasteiger charge is -2.17. The molecule has 0 aliphatic carbocycles. The first-order valence-electron chi connectivity index (χ1n) is 5.97. The van der Waals surface area contributed by atoms with Crippen molar-refractivity contribution in [3.05, 3.63) is 59.3 Å². The number of aliphatic hydroxyl groups is 1. The van der Waals surface area contributed by atoms with E-state index in [9.17, 15) is 5.11 Å². The van der Waals surface area contributed by atoms with Gasteiger partial charge < -0.3 is 10.0 Å². The number of anilines is 1. The normalized spacial score (nSPS) is 12.2. The minimum absolute atomic E-state index is 0.616. The Balaban J connectivity index is 2.34. The van der Waals surface area contributed by atoms with E-state index in [1.165, 1.54) is 0 Å². The van der Waals surface area contributed by atoms with Gasteiger partial charge in [-0.05, 0) is 18.6 Å². The summed E-state index contributed by atoms with van der Waals surface area (Å²) in [6.07, 6.45) is -0.616. The Morgan fingerprint density at radius 3 is 2.28 bits per heavy atom. The van der Waals surface area contributed by atoms with E-state index < -0.39 is 6.10 Å². The van der Waals surface area contributed by atoms with Gasteiger partial charge >= 0.3 is 0 Å². The van der Waals surface area contributed by atoms with Crippen molar-refractivity contribution in [2.45, 2.75) is 13.0 Å². The molecule has 0 saturated carbocycles. The second kappa shape index (κ2) is 5.19. The topological polar surface area (TPSA) is 36.4 Å². The monoisotopic (exact) mass is 242 g/mol. The predicted molar refractivity (Wildman–Crippen MR) is 73.8 cm³/mol. The molecule has 1 aromatic carbocycles. The first-order chi connectivity index (χ1) is 8.59. The van der Waals surface area contributed by atoms with Crippen molar-refractivity contribution in [2.24, 2.45) is 0 Å². The highest BCUT2D eigenvalue weighted by Gasteiger charge is 2.14. The van der Waals surface area contributed by atoms with E-state index in [-0.39, 0.29) is 0 Å². The molecule has 0 spiro atoms. The summed E-state index contributed by atoms with van der Waals surface area (Å²) in [5, 5.41) is 10.3. The van der Waals surface area contributed by atoms with Crippen LogP contribution in [0.25, 0.3) is 0 Å². The molecular weight excluding hydrogens is 224 g/mol. The largest absolute Gasteiger partial charge is 0.384 e. The van der Waals surface area contributed by atoms with Gasteiger partial charge in [-0.3, -0.25) is 0 Å². The second-order valence-corrected chi connectivity index (χ2v) is 4.55. The molecular formula is C15H18N2O. The third-order valence-corrected chi connectivity index (χ3v) is 2.98. The van der Waals surface area contributed by atoms with Crippen LogP contribution in [0.15, 0.2) is 42.5 Å². The standard InChI is InChI=1S/C15H18N2O/c1-11-13(9-10-14(16-11)17(2)3)15(18)12-7-5-4-6-8-12/h4-10,15,18H,1-3H3. The van der Waals surface area contributed by atoms with Crippen LogP contribution in [-0.4, -0.2) is 24.2 Å². The minimum atomic E-state index is -0.616. The van der Waals surface area contributed by atoms with Crippen LogP contribution in [0.4, 0.5) is 5.82 Å². The summed E-state index contributed by atoms with van der Waals surface area (Å²) in [5.41, 5.74) is 2.60. The van der Waals surface area contributed by atoms with Crippen molar-refractivity contribution in [3.63, 3.8) is 0 Å². The number of pyridine rings is 1. The average Bonchev–Trinajstić information content (AvgIpc) is 2.38. The first kappa shape index (κ1) is 12.6. The van der Waals surface area contributed by atoms with Crippen LogP contribution in [0.5, 0.6) is 0 Å². The maximum atomic E-state index is 10.3. The average molecular weight is 242 g/mol. The van der Waals surface area contributed by atoms with Gasteiger partial charge in [0.2, 0.25) is 0 Å². The van der Waals surface area contributed by atoms with Gasteiger partial charge in [-0.1, -0.05) is 36.4 Å². The third-order valence-electron chi connectivity index (χ3n) is 2.98. The SMILES string of the molecule is Cc1nc(N(C)C)ccc1C(O)c1ccccc1. The number of aliphatic hydroxyl groups excluding tert-OH is 1. The molecule has 18 heavy (non-hydrogen) atoms. The summed E-state index contributed by atoms with van der Waals surface area (Å²) in [6.45, 7) is 1.93. The zero-order valence-electron chi connectivity index (χ0n) is 11.0. The number of aryl methyl sites for hydroxylation is 1. The van der Waals surface area contributed by atoms with Gasteiger partial charge in [-0.15, -0.1) is 0 Å². The molecule has 1 aromatic heterocycles. The molecule has 1 N–H and O–H groups in total. The Labute approximate surface area is 108 Å². The highest BCUT2D eigenvalue weighted by molar-refractivity contribution is 5.42. The molecule has 1 unspecified atom stereocenters. The van der Waals surface area contributed by atoms with Crippen LogP contribution < -0.4 is 4.90 Å². The number of nitrogens with zero attached hydrogens (tertiary/aromatic N) is 2. The van der Waals surface area contributed by atoms with Gasteiger partial charge in [0.05, 0.1) is 0 Å². The molecule has 0 amide bonds. The van der Waals surface area contributed by atoms with Gasteiger partial charge in [0.15, 0.2) is 0 Å². The summed E-state index contributed by atoms with van der Waals surface area (Å²) in [5.74, 6) is 0.900. The van der Waals surface area contributed by atoms with Gasteiger partial charge in [0.25, 0.3) is 0 Å². The summed E-state index contributed by atoms with van der Waals surface area (Å²) < 4.78 is 0. The minimum Gasteiger partial charge on any atom is -0.384 e. The molecule has 0 bridgehead atoms. The van der Waals surface area contributed by atoms with Crippen LogP contribution in [-0.2, 0) is 0 Å². The van der Waals surface area contributed by atoms with Gasteiger partial charge in [0.1, 0.15) is 11.9 Å². The molecule has 2 aromatic rings. The fraction of sp³-hybridized carbons (Fsp3) is 0.267. The smallest absolute Gasteiger partial charge is 0.128 e. The van der Waals surface area contributed by atoms with E-state index in [1.807, 2.05) is 68.4 Å². The van der Waals surface area contributed by atoms with Crippen LogP contribution in [0.3, 0.4) is 0 Å². The van der Waals surface area contributed by atoms with E-state index >= 15 is 0 Å². The van der Waals surface area contributed by atoms with Crippen molar-refractivity contribution in [3.8, 4) is 0 Å². The van der Waals surface area contributed by atoms with E-state index in [2.05, 4.69) is 4.98 Å². The highest BCUT2D eigenvalue weighted by Crippen LogP contribution is 2.25. The van der Waals surface area contributed by atoms with Crippen molar-refractivity contribution < 1.29 is 5.11 Å². The molecule has 0 aliphatic rings. The molecule has 1 atom stereocenters. The second-order valence-electron chi connectivity index (χ2n) is 4.55. The molecule has 0 saturated heterocycles. The Morgan fingerprint density at radius 1 is 1.06 bits per heavy atom. The third kappa shape index (κ3) is 2.51. The van der Waals surface area contributed by atoms with Crippen LogP contribution >= 0.6 is 0 Å². The van der Waals surface area contributed by atoms with E-state index in [1.54, 1.807) is 0 Å². The molecule has 0 aliphatic heterocycles. The molecule has 1 heterocycles. The van der Waals surface area contributed by atoms with Crippen LogP contribution in [0.2, 0.25) is 0 Å². The van der Waals surface area contributed by atoms with E-state index in [0.717, 1.165) is 22.6 Å². The van der Waals surface area contributed by atoms with Crippen molar-refractivity contribution >= 4 is 5.82 Å². The van der Waals surface area contributed by atoms with Crippen molar-refractivity contribution in [1.29, 1.82) is 0 Å². The van der Waals surface area contributed by atoms with Gasteiger partial charge in [-0.25, -0.2) is 4.98 Å². The quantitative estimate of drug-likeness (QED) is 0.898. The Hall–Kier alpha value is -1.87. The molecule has 3 nitrogen and oxygen atoms in total. The van der Waals surface area contributed by atoms with Crippen molar-refractivity contribution in [1.82, 2.24) is 4.98 Å². The van der Waals surface area contributed by atoms with E-state index in [0.29, 0.717) is 0 Å². The Kier molecular flexibility index (Phi) is 3.63. The summed E-state index contributed by atoms with van der Waals surface area (Å²) in [4.78, 5) is 6.44. The zero-order valence-corrected chi connectivity index (χ0v) is 11.0. The molecule has 3 heteroatoms. The number of aromatic nitrogens is 1. The van der Waals surface area contributed by atoms with Gasteiger partial charge in [-0.2, -0.15) is 0 Å². The van der Waals surface area contributed by atoms with Gasteiger partial charge in [0, 0.05) is 25.4 Å². The van der Waals surface area contributed by atoms with E-state index in [4.69, 9.17) is 0 Å². The highest BCUT2D eigenvalue weighted by atomic mass is 16.3. The van der Waals surface area contributed by atoms with Crippen LogP contribution in [0.1, 0.15) is 22.9 Å². The molecule has 0 radical (unpaired) electrons. The maximum Gasteiger partial charge on any atom is 0.128 e. The Morgan fingerprint density at radius 2 is 1.72 bits per heavy atom. The summed E-state index contributed by atoms with van der Waals surface area (Å²) >= 11 is 0. The number of hydrogen-bond acceptors (Lipinski definition) is 3. The molecule has 0 fully saturated rings. The molecule has 2 rings (SSSR count). The Bertz CT molecular complexity index is 523. The maximum absolute atomic E-state index is 10.3. The summed E-state index contributed by atoms with van der Waals surface area (Å²) in [7, 11) is 3.91.